The van der Waals surface area contributed by atoms with Crippen molar-refractivity contribution in [3.05, 3.63) is 34.1 Å². The number of ketones is 1. The molecule has 21 heavy (non-hydrogen) atoms. The second kappa shape index (κ2) is 6.17. The molecule has 0 aliphatic heterocycles. The quantitative estimate of drug-likeness (QED) is 0.782. The van der Waals surface area contributed by atoms with Crippen LogP contribution in [0.2, 0.25) is 0 Å². The maximum absolute atomic E-state index is 13.9. The van der Waals surface area contributed by atoms with Crippen LogP contribution < -0.4 is 0 Å². The highest BCUT2D eigenvalue weighted by atomic mass is 79.9. The van der Waals surface area contributed by atoms with Gasteiger partial charge >= 0.3 is 0 Å². The lowest BCUT2D eigenvalue weighted by molar-refractivity contribution is -0.147. The number of carbonyl (C=O) groups excluding carboxylic acids is 1. The molecule has 0 N–H and O–H groups in total. The summed E-state index contributed by atoms with van der Waals surface area (Å²) in [5.41, 5.74) is -0.0512. The predicted octanol–water partition coefficient (Wildman–Crippen LogP) is 4.69. The predicted molar refractivity (Wildman–Crippen MR) is 84.8 cm³/mol. The standard InChI is InChI=1S/C17H22BrFO2/c1-16(2)6-8-17(21-3,9-7-16)15(20)10-12-4-5-13(18)11-14(12)19/h4-5,11H,6-10H2,1-3H3. The van der Waals surface area contributed by atoms with Gasteiger partial charge < -0.3 is 4.74 Å². The molecule has 116 valence electrons. The summed E-state index contributed by atoms with van der Waals surface area (Å²) in [7, 11) is 1.59. The molecule has 1 aliphatic rings. The molecular formula is C17H22BrFO2. The van der Waals surface area contributed by atoms with E-state index in [0.29, 0.717) is 22.9 Å². The summed E-state index contributed by atoms with van der Waals surface area (Å²) in [6, 6.07) is 4.81. The zero-order valence-corrected chi connectivity index (χ0v) is 14.4. The molecule has 0 aromatic heterocycles. The zero-order chi connectivity index (χ0) is 15.7. The minimum Gasteiger partial charge on any atom is -0.370 e. The third-order valence-corrected chi connectivity index (χ3v) is 5.17. The molecule has 0 atom stereocenters. The smallest absolute Gasteiger partial charge is 0.169 e. The van der Waals surface area contributed by atoms with Gasteiger partial charge in [-0.15, -0.1) is 0 Å². The van der Waals surface area contributed by atoms with E-state index in [9.17, 15) is 9.18 Å². The van der Waals surface area contributed by atoms with Crippen molar-refractivity contribution >= 4 is 21.7 Å². The number of methoxy groups -OCH3 is 1. The molecule has 1 fully saturated rings. The minimum absolute atomic E-state index is 0.0123. The molecule has 1 aromatic rings. The van der Waals surface area contributed by atoms with Crippen molar-refractivity contribution in [1.29, 1.82) is 0 Å². The van der Waals surface area contributed by atoms with Gasteiger partial charge in [0.15, 0.2) is 5.78 Å². The van der Waals surface area contributed by atoms with E-state index in [1.165, 1.54) is 6.07 Å². The van der Waals surface area contributed by atoms with E-state index in [4.69, 9.17) is 4.74 Å². The van der Waals surface area contributed by atoms with Gasteiger partial charge in [0.25, 0.3) is 0 Å². The second-order valence-electron chi connectivity index (χ2n) is 6.70. The van der Waals surface area contributed by atoms with E-state index >= 15 is 0 Å². The first-order valence-corrected chi connectivity index (χ1v) is 8.10. The summed E-state index contributed by atoms with van der Waals surface area (Å²) >= 11 is 3.23. The van der Waals surface area contributed by atoms with Gasteiger partial charge in [-0.25, -0.2) is 4.39 Å². The Bertz CT molecular complexity index is 530. The molecule has 1 aromatic carbocycles. The minimum atomic E-state index is -0.741. The summed E-state index contributed by atoms with van der Waals surface area (Å²) in [6.45, 7) is 4.43. The van der Waals surface area contributed by atoms with E-state index in [2.05, 4.69) is 29.8 Å². The van der Waals surface area contributed by atoms with E-state index in [0.717, 1.165) is 12.8 Å². The molecule has 0 heterocycles. The number of Topliss-reactive ketones (excluding diaryl/α,β-unsaturated/α-hetero) is 1. The lowest BCUT2D eigenvalue weighted by Crippen LogP contribution is -2.46. The average molecular weight is 357 g/mol. The maximum atomic E-state index is 13.9. The Morgan fingerprint density at radius 3 is 2.43 bits per heavy atom. The molecule has 2 rings (SSSR count). The summed E-state index contributed by atoms with van der Waals surface area (Å²) in [4.78, 5) is 12.7. The van der Waals surface area contributed by atoms with Crippen LogP contribution in [0.3, 0.4) is 0 Å². The molecular weight excluding hydrogens is 335 g/mol. The highest BCUT2D eigenvalue weighted by Crippen LogP contribution is 2.42. The number of carbonyl (C=O) groups is 1. The first-order valence-electron chi connectivity index (χ1n) is 7.30. The van der Waals surface area contributed by atoms with Crippen molar-refractivity contribution in [2.75, 3.05) is 7.11 Å². The van der Waals surface area contributed by atoms with E-state index < -0.39 is 5.60 Å². The highest BCUT2D eigenvalue weighted by molar-refractivity contribution is 9.10. The number of ether oxygens (including phenoxy) is 1. The SMILES string of the molecule is COC1(C(=O)Cc2ccc(Br)cc2F)CCC(C)(C)CC1. The van der Waals surface area contributed by atoms with Gasteiger partial charge in [0, 0.05) is 18.0 Å². The van der Waals surface area contributed by atoms with E-state index in [-0.39, 0.29) is 23.4 Å². The fraction of sp³-hybridized carbons (Fsp3) is 0.588. The van der Waals surface area contributed by atoms with E-state index in [1.807, 2.05) is 0 Å². The lowest BCUT2D eigenvalue weighted by atomic mass is 9.69. The fourth-order valence-electron chi connectivity index (χ4n) is 2.93. The second-order valence-corrected chi connectivity index (χ2v) is 7.61. The molecule has 0 radical (unpaired) electrons. The van der Waals surface area contributed by atoms with Gasteiger partial charge in [-0.1, -0.05) is 35.8 Å². The Kier molecular flexibility index (Phi) is 4.89. The van der Waals surface area contributed by atoms with Crippen molar-refractivity contribution in [2.24, 2.45) is 5.41 Å². The van der Waals surface area contributed by atoms with E-state index in [1.54, 1.807) is 19.2 Å². The first-order chi connectivity index (χ1) is 9.78. The Balaban J connectivity index is 2.14. The van der Waals surface area contributed by atoms with Crippen LogP contribution in [0.4, 0.5) is 4.39 Å². The molecule has 0 bridgehead atoms. The number of hydrogen-bond acceptors (Lipinski definition) is 2. The van der Waals surface area contributed by atoms with Crippen LogP contribution in [0.5, 0.6) is 0 Å². The number of hydrogen-bond donors (Lipinski definition) is 0. The molecule has 0 spiro atoms. The highest BCUT2D eigenvalue weighted by Gasteiger charge is 2.43. The maximum Gasteiger partial charge on any atom is 0.169 e. The Morgan fingerprint density at radius 1 is 1.29 bits per heavy atom. The normalized spacial score (nSPS) is 20.2. The summed E-state index contributed by atoms with van der Waals surface area (Å²) in [6.07, 6.45) is 3.43. The van der Waals surface area contributed by atoms with Gasteiger partial charge in [-0.3, -0.25) is 4.79 Å². The average Bonchev–Trinajstić information content (AvgIpc) is 2.42. The Morgan fingerprint density at radius 2 is 1.90 bits per heavy atom. The van der Waals surface area contributed by atoms with Crippen molar-refractivity contribution in [1.82, 2.24) is 0 Å². The topological polar surface area (TPSA) is 26.3 Å². The fourth-order valence-corrected chi connectivity index (χ4v) is 3.26. The van der Waals surface area contributed by atoms with Crippen LogP contribution >= 0.6 is 15.9 Å². The van der Waals surface area contributed by atoms with Crippen LogP contribution in [0.15, 0.2) is 22.7 Å². The largest absolute Gasteiger partial charge is 0.370 e. The Hall–Kier alpha value is -0.740. The van der Waals surface area contributed by atoms with Crippen molar-refractivity contribution in [3.8, 4) is 0 Å². The summed E-state index contributed by atoms with van der Waals surface area (Å²) in [5, 5.41) is 0. The van der Waals surface area contributed by atoms with Crippen LogP contribution in [0.25, 0.3) is 0 Å². The van der Waals surface area contributed by atoms with Crippen molar-refractivity contribution in [2.45, 2.75) is 51.6 Å². The van der Waals surface area contributed by atoms with Crippen LogP contribution in [0, 0.1) is 11.2 Å². The Labute approximate surface area is 134 Å². The van der Waals surface area contributed by atoms with Gasteiger partial charge in [0.1, 0.15) is 11.4 Å². The van der Waals surface area contributed by atoms with Gasteiger partial charge in [0.05, 0.1) is 0 Å². The molecule has 4 heteroatoms. The molecule has 0 amide bonds. The molecule has 1 aliphatic carbocycles. The molecule has 2 nitrogen and oxygen atoms in total. The summed E-state index contributed by atoms with van der Waals surface area (Å²) in [5.74, 6) is -0.359. The molecule has 0 saturated heterocycles. The number of benzene rings is 1. The third-order valence-electron chi connectivity index (χ3n) is 4.68. The van der Waals surface area contributed by atoms with Crippen LogP contribution in [-0.4, -0.2) is 18.5 Å². The van der Waals surface area contributed by atoms with Gasteiger partial charge in [-0.2, -0.15) is 0 Å². The third kappa shape index (κ3) is 3.72. The van der Waals surface area contributed by atoms with Gasteiger partial charge in [-0.05, 0) is 48.8 Å². The van der Waals surface area contributed by atoms with Crippen LogP contribution in [-0.2, 0) is 16.0 Å². The van der Waals surface area contributed by atoms with Gasteiger partial charge in [0.2, 0.25) is 0 Å². The first kappa shape index (κ1) is 16.6. The zero-order valence-electron chi connectivity index (χ0n) is 12.8. The number of rotatable bonds is 4. The molecule has 1 saturated carbocycles. The monoisotopic (exact) mass is 356 g/mol. The summed E-state index contributed by atoms with van der Waals surface area (Å²) < 4.78 is 20.2. The lowest BCUT2D eigenvalue weighted by Gasteiger charge is -2.41. The van der Waals surface area contributed by atoms with Crippen molar-refractivity contribution < 1.29 is 13.9 Å². The number of halogens is 2. The molecule has 0 unspecified atom stereocenters. The van der Waals surface area contributed by atoms with Crippen LogP contribution in [0.1, 0.15) is 45.1 Å². The van der Waals surface area contributed by atoms with Crippen molar-refractivity contribution in [3.63, 3.8) is 0 Å².